The summed E-state index contributed by atoms with van der Waals surface area (Å²) in [6, 6.07) is 0. The molecule has 0 aliphatic carbocycles. The average Bonchev–Trinajstić information content (AvgIpc) is 2.54. The van der Waals surface area contributed by atoms with Crippen LogP contribution >= 0.6 is 0 Å². The van der Waals surface area contributed by atoms with Crippen LogP contribution in [0, 0.1) is 0 Å². The van der Waals surface area contributed by atoms with Gasteiger partial charge in [0.25, 0.3) is 0 Å². The first-order valence-corrected chi connectivity index (χ1v) is 3.68. The minimum Gasteiger partial charge on any atom is -0.464 e. The zero-order valence-corrected chi connectivity index (χ0v) is 7.74. The molecule has 0 N–H and O–H groups in total. The van der Waals surface area contributed by atoms with Gasteiger partial charge in [0.15, 0.2) is 5.69 Å². The number of hydrogen-bond donors (Lipinski definition) is 0. The highest BCUT2D eigenvalue weighted by molar-refractivity contribution is 5.86. The summed E-state index contributed by atoms with van der Waals surface area (Å²) in [6.45, 7) is 4.00. The maximum Gasteiger partial charge on any atom is 0.360 e. The monoisotopic (exact) mass is 171 g/mol. The summed E-state index contributed by atoms with van der Waals surface area (Å²) in [4.78, 5) is 10.7. The van der Waals surface area contributed by atoms with Gasteiger partial charge >= 0.3 is 5.97 Å². The van der Waals surface area contributed by atoms with Gasteiger partial charge in [-0.25, -0.2) is 4.79 Å². The van der Waals surface area contributed by atoms with Crippen molar-refractivity contribution in [3.8, 4) is 0 Å². The molecule has 1 heterocycles. The summed E-state index contributed by atoms with van der Waals surface area (Å²) in [6.07, 6.45) is 1.49. The molecule has 0 saturated carbocycles. The lowest BCUT2D eigenvalue weighted by molar-refractivity contribution is 0.0594. The van der Waals surface area contributed by atoms with Gasteiger partial charge in [-0.15, -0.1) is 5.10 Å². The van der Waals surface area contributed by atoms with Gasteiger partial charge in [0.1, 0.15) is 0 Å². The lowest BCUT2D eigenvalue weighted by Gasteiger charge is -1.88. The van der Waals surface area contributed by atoms with Crippen LogP contribution in [0.1, 0.15) is 24.3 Å². The molecule has 68 valence electrons. The molecule has 0 radical (unpaired) electrons. The van der Waals surface area contributed by atoms with Crippen molar-refractivity contribution in [2.24, 2.45) is 7.05 Å². The van der Waals surface area contributed by atoms with Crippen LogP contribution in [-0.2, 0) is 11.8 Å². The van der Waals surface area contributed by atoms with E-state index < -0.39 is 5.97 Å². The molecule has 0 amide bonds. The van der Waals surface area contributed by atoms with Crippen LogP contribution in [0.3, 0.4) is 0 Å². The van der Waals surface area contributed by atoms with E-state index in [-0.39, 0.29) is 5.69 Å². The first-order chi connectivity index (χ1) is 5.74. The largest absolute Gasteiger partial charge is 0.464 e. The Kier molecular flexibility index (Phi) is 4.67. The van der Waals surface area contributed by atoms with Gasteiger partial charge in [0.05, 0.1) is 13.3 Å². The smallest absolute Gasteiger partial charge is 0.360 e. The number of carbonyl (C=O) groups is 1. The number of aromatic nitrogens is 3. The summed E-state index contributed by atoms with van der Waals surface area (Å²) in [5, 5.41) is 7.08. The van der Waals surface area contributed by atoms with E-state index in [4.69, 9.17) is 0 Å². The number of hydrogen-bond acceptors (Lipinski definition) is 4. The molecule has 0 aromatic carbocycles. The Hall–Kier alpha value is -1.39. The van der Waals surface area contributed by atoms with Crippen LogP contribution in [-0.4, -0.2) is 28.1 Å². The molecule has 0 atom stereocenters. The number of ether oxygens (including phenoxy) is 1. The third kappa shape index (κ3) is 2.69. The SMILES string of the molecule is CC.COC(=O)c1cn(C)nn1. The van der Waals surface area contributed by atoms with Crippen molar-refractivity contribution in [2.75, 3.05) is 7.11 Å². The lowest BCUT2D eigenvalue weighted by atomic mass is 10.5. The van der Waals surface area contributed by atoms with Crippen molar-refractivity contribution in [1.82, 2.24) is 15.0 Å². The quantitative estimate of drug-likeness (QED) is 0.581. The summed E-state index contributed by atoms with van der Waals surface area (Å²) in [5.74, 6) is -0.465. The average molecular weight is 171 g/mol. The Morgan fingerprint density at radius 3 is 2.50 bits per heavy atom. The molecule has 0 unspecified atom stereocenters. The summed E-state index contributed by atoms with van der Waals surface area (Å²) in [5.41, 5.74) is 0.227. The summed E-state index contributed by atoms with van der Waals surface area (Å²) < 4.78 is 5.83. The van der Waals surface area contributed by atoms with Gasteiger partial charge in [-0.3, -0.25) is 4.68 Å². The van der Waals surface area contributed by atoms with E-state index in [1.54, 1.807) is 7.05 Å². The van der Waals surface area contributed by atoms with Crippen LogP contribution in [0.4, 0.5) is 0 Å². The number of esters is 1. The van der Waals surface area contributed by atoms with Crippen LogP contribution in [0.25, 0.3) is 0 Å². The summed E-state index contributed by atoms with van der Waals surface area (Å²) in [7, 11) is 2.98. The first-order valence-electron chi connectivity index (χ1n) is 3.68. The standard InChI is InChI=1S/C5H7N3O2.C2H6/c1-8-3-4(6-7-8)5(9)10-2;1-2/h3H,1-2H3;1-2H3. The van der Waals surface area contributed by atoms with E-state index in [1.807, 2.05) is 13.8 Å². The number of carbonyl (C=O) groups excluding carboxylic acids is 1. The highest BCUT2D eigenvalue weighted by atomic mass is 16.5. The van der Waals surface area contributed by atoms with Crippen molar-refractivity contribution in [3.63, 3.8) is 0 Å². The number of aryl methyl sites for hydroxylation is 1. The molecule has 1 rings (SSSR count). The van der Waals surface area contributed by atoms with Gasteiger partial charge in [-0.1, -0.05) is 19.1 Å². The van der Waals surface area contributed by atoms with Crippen LogP contribution in [0.15, 0.2) is 6.20 Å². The van der Waals surface area contributed by atoms with E-state index >= 15 is 0 Å². The molecule has 0 bridgehead atoms. The van der Waals surface area contributed by atoms with E-state index in [0.717, 1.165) is 0 Å². The van der Waals surface area contributed by atoms with Crippen LogP contribution in [0.2, 0.25) is 0 Å². The fraction of sp³-hybridized carbons (Fsp3) is 0.571. The van der Waals surface area contributed by atoms with Gasteiger partial charge in [0.2, 0.25) is 0 Å². The van der Waals surface area contributed by atoms with Gasteiger partial charge in [-0.2, -0.15) is 0 Å². The zero-order chi connectivity index (χ0) is 9.56. The van der Waals surface area contributed by atoms with Gasteiger partial charge in [-0.05, 0) is 0 Å². The van der Waals surface area contributed by atoms with Crippen molar-refractivity contribution in [1.29, 1.82) is 0 Å². The molecule has 0 spiro atoms. The van der Waals surface area contributed by atoms with Gasteiger partial charge < -0.3 is 4.74 Å². The van der Waals surface area contributed by atoms with Crippen LogP contribution in [0.5, 0.6) is 0 Å². The maximum absolute atomic E-state index is 10.7. The Morgan fingerprint density at radius 2 is 2.17 bits per heavy atom. The number of nitrogens with zero attached hydrogens (tertiary/aromatic N) is 3. The summed E-state index contributed by atoms with van der Waals surface area (Å²) >= 11 is 0. The molecule has 1 aromatic rings. The third-order valence-electron chi connectivity index (χ3n) is 0.997. The minimum absolute atomic E-state index is 0.227. The second-order valence-corrected chi connectivity index (χ2v) is 1.77. The van der Waals surface area contributed by atoms with E-state index in [1.165, 1.54) is 18.0 Å². The zero-order valence-electron chi connectivity index (χ0n) is 7.74. The molecule has 0 aliphatic rings. The molecule has 5 heteroatoms. The molecule has 5 nitrogen and oxygen atoms in total. The van der Waals surface area contributed by atoms with Crippen molar-refractivity contribution < 1.29 is 9.53 Å². The molecule has 0 fully saturated rings. The molecular formula is C7H13N3O2. The highest BCUT2D eigenvalue weighted by Gasteiger charge is 2.07. The number of rotatable bonds is 1. The van der Waals surface area contributed by atoms with E-state index in [0.29, 0.717) is 0 Å². The van der Waals surface area contributed by atoms with Crippen molar-refractivity contribution in [2.45, 2.75) is 13.8 Å². The first kappa shape index (κ1) is 10.6. The Morgan fingerprint density at radius 1 is 1.58 bits per heavy atom. The highest BCUT2D eigenvalue weighted by Crippen LogP contribution is 1.92. The normalized spacial score (nSPS) is 8.33. The number of methoxy groups -OCH3 is 1. The van der Waals surface area contributed by atoms with Gasteiger partial charge in [0, 0.05) is 7.05 Å². The fourth-order valence-electron chi connectivity index (χ4n) is 0.545. The Labute approximate surface area is 71.3 Å². The van der Waals surface area contributed by atoms with Crippen molar-refractivity contribution in [3.05, 3.63) is 11.9 Å². The van der Waals surface area contributed by atoms with E-state index in [9.17, 15) is 4.79 Å². The Bertz CT molecular complexity index is 245. The Balaban J connectivity index is 0.000000561. The van der Waals surface area contributed by atoms with Crippen molar-refractivity contribution >= 4 is 5.97 Å². The molecular weight excluding hydrogens is 158 g/mol. The third-order valence-corrected chi connectivity index (χ3v) is 0.997. The lowest BCUT2D eigenvalue weighted by Crippen LogP contribution is -2.00. The predicted molar refractivity (Wildman–Crippen MR) is 43.7 cm³/mol. The minimum atomic E-state index is -0.465. The predicted octanol–water partition coefficient (Wildman–Crippen LogP) is 0.628. The maximum atomic E-state index is 10.7. The molecule has 0 aliphatic heterocycles. The van der Waals surface area contributed by atoms with E-state index in [2.05, 4.69) is 15.0 Å². The molecule has 12 heavy (non-hydrogen) atoms. The second-order valence-electron chi connectivity index (χ2n) is 1.77. The molecule has 0 saturated heterocycles. The van der Waals surface area contributed by atoms with Crippen LogP contribution < -0.4 is 0 Å². The topological polar surface area (TPSA) is 57.0 Å². The second kappa shape index (κ2) is 5.29. The fourth-order valence-corrected chi connectivity index (χ4v) is 0.545. The molecule has 1 aromatic heterocycles.